The molecule has 0 saturated heterocycles. The van der Waals surface area contributed by atoms with Gasteiger partial charge in [-0.3, -0.25) is 0 Å². The van der Waals surface area contributed by atoms with E-state index in [1.165, 1.54) is 27.3 Å². The summed E-state index contributed by atoms with van der Waals surface area (Å²) >= 11 is 0. The first-order chi connectivity index (χ1) is 25.3. The first kappa shape index (κ1) is 29.0. The van der Waals surface area contributed by atoms with Crippen molar-refractivity contribution in [3.63, 3.8) is 0 Å². The lowest BCUT2D eigenvalue weighted by Gasteiger charge is -2.14. The summed E-state index contributed by atoms with van der Waals surface area (Å²) in [7, 11) is 0. The van der Waals surface area contributed by atoms with Crippen molar-refractivity contribution in [2.75, 3.05) is 0 Å². The second-order valence-corrected chi connectivity index (χ2v) is 12.8. The normalized spacial score (nSPS) is 11.5. The zero-order chi connectivity index (χ0) is 33.7. The third kappa shape index (κ3) is 4.96. The predicted octanol–water partition coefficient (Wildman–Crippen LogP) is 12.4. The van der Waals surface area contributed by atoms with Crippen LogP contribution in [0.3, 0.4) is 0 Å². The number of rotatable bonds is 5. The molecule has 4 heteroatoms. The maximum absolute atomic E-state index is 6.77. The van der Waals surface area contributed by atoms with Gasteiger partial charge in [-0.05, 0) is 62.5 Å². The van der Waals surface area contributed by atoms with Crippen molar-refractivity contribution in [3.05, 3.63) is 176 Å². The summed E-state index contributed by atoms with van der Waals surface area (Å²) in [6, 6.07) is 61.0. The summed E-state index contributed by atoms with van der Waals surface area (Å²) in [6.07, 6.45) is 0. The fourth-order valence-corrected chi connectivity index (χ4v) is 7.30. The molecular weight excluding hydrogens is 623 g/mol. The summed E-state index contributed by atoms with van der Waals surface area (Å²) in [4.78, 5) is 15.3. The number of benzene rings is 8. The second kappa shape index (κ2) is 11.9. The molecule has 0 fully saturated rings. The molecule has 0 radical (unpaired) electrons. The van der Waals surface area contributed by atoms with E-state index in [-0.39, 0.29) is 0 Å². The average Bonchev–Trinajstić information content (AvgIpc) is 3.60. The Bertz CT molecular complexity index is 2910. The van der Waals surface area contributed by atoms with Crippen LogP contribution in [0.4, 0.5) is 0 Å². The molecule has 10 aromatic rings. The topological polar surface area (TPSA) is 51.8 Å². The predicted molar refractivity (Wildman–Crippen MR) is 209 cm³/mol. The zero-order valence-electron chi connectivity index (χ0n) is 27.5. The number of para-hydroxylation sites is 1. The third-order valence-electron chi connectivity index (χ3n) is 9.74. The Balaban J connectivity index is 1.23. The van der Waals surface area contributed by atoms with Crippen LogP contribution < -0.4 is 0 Å². The van der Waals surface area contributed by atoms with Gasteiger partial charge in [0.2, 0.25) is 0 Å². The Kier molecular flexibility index (Phi) is 6.78. The monoisotopic (exact) mass is 651 g/mol. The van der Waals surface area contributed by atoms with E-state index >= 15 is 0 Å². The first-order valence-corrected chi connectivity index (χ1v) is 17.1. The van der Waals surface area contributed by atoms with E-state index in [1.54, 1.807) is 0 Å². The van der Waals surface area contributed by atoms with Crippen LogP contribution in [0.5, 0.6) is 0 Å². The van der Waals surface area contributed by atoms with Gasteiger partial charge < -0.3 is 4.42 Å². The van der Waals surface area contributed by atoms with Crippen LogP contribution in [-0.2, 0) is 0 Å². The summed E-state index contributed by atoms with van der Waals surface area (Å²) in [5.74, 6) is 1.84. The van der Waals surface area contributed by atoms with Gasteiger partial charge in [-0.25, -0.2) is 15.0 Å². The maximum atomic E-state index is 6.77. The fraction of sp³-hybridized carbons (Fsp3) is 0. The molecule has 2 aromatic heterocycles. The van der Waals surface area contributed by atoms with Crippen LogP contribution >= 0.6 is 0 Å². The van der Waals surface area contributed by atoms with Crippen molar-refractivity contribution in [1.82, 2.24) is 15.0 Å². The van der Waals surface area contributed by atoms with Gasteiger partial charge in [0.15, 0.2) is 17.5 Å². The van der Waals surface area contributed by atoms with Crippen molar-refractivity contribution in [2.45, 2.75) is 0 Å². The molecule has 0 aliphatic heterocycles. The maximum Gasteiger partial charge on any atom is 0.164 e. The average molecular weight is 652 g/mol. The zero-order valence-corrected chi connectivity index (χ0v) is 27.5. The standard InChI is InChI=1S/C47H29N3O/c1-3-14-31(15-4-1)35-25-26-38(37-20-10-9-19-36(35)37)39-27-28-41(43-40-21-11-12-22-42(40)51-44(39)43)47-49-45(32-16-5-2-6-17-32)48-46(50-47)34-24-23-30-13-7-8-18-33(30)29-34/h1-29H. The molecule has 0 atom stereocenters. The minimum absolute atomic E-state index is 0.597. The molecule has 2 heterocycles. The quantitative estimate of drug-likeness (QED) is 0.186. The molecule has 8 aromatic carbocycles. The highest BCUT2D eigenvalue weighted by Gasteiger charge is 2.22. The van der Waals surface area contributed by atoms with Crippen LogP contribution in [0.15, 0.2) is 180 Å². The van der Waals surface area contributed by atoms with Gasteiger partial charge in [-0.2, -0.15) is 0 Å². The van der Waals surface area contributed by atoms with Crippen molar-refractivity contribution < 1.29 is 4.42 Å². The Morgan fingerprint density at radius 2 is 0.882 bits per heavy atom. The number of fused-ring (bicyclic) bond motifs is 5. The van der Waals surface area contributed by atoms with Crippen molar-refractivity contribution in [1.29, 1.82) is 0 Å². The summed E-state index contributed by atoms with van der Waals surface area (Å²) in [5.41, 5.74) is 8.90. The van der Waals surface area contributed by atoms with Crippen molar-refractivity contribution >= 4 is 43.5 Å². The molecular formula is C47H29N3O. The van der Waals surface area contributed by atoms with E-state index in [9.17, 15) is 0 Å². The number of aromatic nitrogens is 3. The van der Waals surface area contributed by atoms with Crippen LogP contribution in [0.25, 0.3) is 99.9 Å². The molecule has 238 valence electrons. The Hall–Kier alpha value is -6.91. The Labute approximate surface area is 294 Å². The van der Waals surface area contributed by atoms with Gasteiger partial charge in [0.1, 0.15) is 11.2 Å². The third-order valence-corrected chi connectivity index (χ3v) is 9.74. The molecule has 0 aliphatic carbocycles. The summed E-state index contributed by atoms with van der Waals surface area (Å²) in [5, 5.41) is 6.66. The van der Waals surface area contributed by atoms with Crippen molar-refractivity contribution in [3.8, 4) is 56.4 Å². The highest BCUT2D eigenvalue weighted by Crippen LogP contribution is 2.44. The molecule has 10 rings (SSSR count). The van der Waals surface area contributed by atoms with Crippen molar-refractivity contribution in [2.24, 2.45) is 0 Å². The molecule has 0 spiro atoms. The van der Waals surface area contributed by atoms with Gasteiger partial charge in [0.25, 0.3) is 0 Å². The highest BCUT2D eigenvalue weighted by molar-refractivity contribution is 6.18. The van der Waals surface area contributed by atoms with Crippen LogP contribution in [-0.4, -0.2) is 15.0 Å². The fourth-order valence-electron chi connectivity index (χ4n) is 7.30. The first-order valence-electron chi connectivity index (χ1n) is 17.1. The minimum Gasteiger partial charge on any atom is -0.455 e. The molecule has 0 amide bonds. The smallest absolute Gasteiger partial charge is 0.164 e. The number of furan rings is 1. The lowest BCUT2D eigenvalue weighted by molar-refractivity contribution is 0.670. The van der Waals surface area contributed by atoms with E-state index in [0.717, 1.165) is 55.1 Å². The van der Waals surface area contributed by atoms with E-state index in [4.69, 9.17) is 19.4 Å². The van der Waals surface area contributed by atoms with Gasteiger partial charge in [0, 0.05) is 33.0 Å². The molecule has 51 heavy (non-hydrogen) atoms. The van der Waals surface area contributed by atoms with Crippen LogP contribution in [0, 0.1) is 0 Å². The van der Waals surface area contributed by atoms with Crippen LogP contribution in [0.1, 0.15) is 0 Å². The van der Waals surface area contributed by atoms with Crippen LogP contribution in [0.2, 0.25) is 0 Å². The lowest BCUT2D eigenvalue weighted by Crippen LogP contribution is -2.00. The van der Waals surface area contributed by atoms with E-state index in [1.807, 2.05) is 42.5 Å². The highest BCUT2D eigenvalue weighted by atomic mass is 16.3. The van der Waals surface area contributed by atoms with E-state index in [2.05, 4.69) is 133 Å². The van der Waals surface area contributed by atoms with E-state index < -0.39 is 0 Å². The van der Waals surface area contributed by atoms with Gasteiger partial charge in [-0.1, -0.05) is 152 Å². The number of hydrogen-bond acceptors (Lipinski definition) is 4. The largest absolute Gasteiger partial charge is 0.455 e. The summed E-state index contributed by atoms with van der Waals surface area (Å²) < 4.78 is 6.77. The van der Waals surface area contributed by atoms with Gasteiger partial charge >= 0.3 is 0 Å². The minimum atomic E-state index is 0.597. The Morgan fingerprint density at radius 3 is 1.67 bits per heavy atom. The van der Waals surface area contributed by atoms with E-state index in [0.29, 0.717) is 17.5 Å². The molecule has 0 aliphatic rings. The molecule has 0 bridgehead atoms. The number of nitrogens with zero attached hydrogens (tertiary/aromatic N) is 3. The van der Waals surface area contributed by atoms with Gasteiger partial charge in [0.05, 0.1) is 0 Å². The molecule has 0 N–H and O–H groups in total. The summed E-state index contributed by atoms with van der Waals surface area (Å²) in [6.45, 7) is 0. The van der Waals surface area contributed by atoms with Gasteiger partial charge in [-0.15, -0.1) is 0 Å². The number of hydrogen-bond donors (Lipinski definition) is 0. The lowest BCUT2D eigenvalue weighted by atomic mass is 9.90. The molecule has 0 unspecified atom stereocenters. The SMILES string of the molecule is c1ccc(-c2nc(-c3ccc4ccccc4c3)nc(-c3ccc(-c4ccc(-c5ccccc5)c5ccccc45)c4oc5ccccc5c34)n2)cc1. The molecule has 0 saturated carbocycles. The second-order valence-electron chi connectivity index (χ2n) is 12.8. The Morgan fingerprint density at radius 1 is 0.333 bits per heavy atom. The molecule has 4 nitrogen and oxygen atoms in total.